The van der Waals surface area contributed by atoms with E-state index in [9.17, 15) is 14.0 Å². The highest BCUT2D eigenvalue weighted by Crippen LogP contribution is 2.47. The van der Waals surface area contributed by atoms with Crippen molar-refractivity contribution >= 4 is 34.8 Å². The molecule has 0 fully saturated rings. The average molecular weight is 492 g/mol. The Morgan fingerprint density at radius 2 is 1.89 bits per heavy atom. The van der Waals surface area contributed by atoms with Crippen molar-refractivity contribution in [3.05, 3.63) is 107 Å². The Hall–Kier alpha value is -4.59. The van der Waals surface area contributed by atoms with Crippen LogP contribution in [0.1, 0.15) is 32.6 Å². The van der Waals surface area contributed by atoms with Crippen LogP contribution in [0.2, 0.25) is 0 Å². The van der Waals surface area contributed by atoms with E-state index in [1.54, 1.807) is 41.6 Å². The van der Waals surface area contributed by atoms with E-state index in [0.717, 1.165) is 22.4 Å². The number of anilines is 4. The number of nitrogens with one attached hydrogen (secondary N) is 2. The number of aromatic nitrogens is 2. The molecule has 3 aliphatic rings. The standard InChI is InChI=1S/C29H22FN5O2/c30-23-4-1-5-24-21(23)9-12-35(24)27(36)17-8-11-31-25(14-17)33-20-7-6-18-15-29(16-19(18)13-20)22-3-2-10-32-26(22)34-28(29)37/h1-8,10-11,13-14H,9,12,15-16H2,(H,31,33)(H,32,34,37). The number of carbonyl (C=O) groups excluding carboxylic acids is 2. The summed E-state index contributed by atoms with van der Waals surface area (Å²) in [7, 11) is 0. The molecule has 8 heteroatoms. The smallest absolute Gasteiger partial charge is 0.258 e. The van der Waals surface area contributed by atoms with Crippen molar-refractivity contribution in [2.75, 3.05) is 22.1 Å². The maximum absolute atomic E-state index is 14.1. The van der Waals surface area contributed by atoms with E-state index in [1.165, 1.54) is 6.07 Å². The van der Waals surface area contributed by atoms with Gasteiger partial charge in [-0.3, -0.25) is 9.59 Å². The second-order valence-electron chi connectivity index (χ2n) is 9.77. The molecule has 182 valence electrons. The number of nitrogens with zero attached hydrogens (tertiary/aromatic N) is 3. The van der Waals surface area contributed by atoms with Crippen LogP contribution < -0.4 is 15.5 Å². The largest absolute Gasteiger partial charge is 0.340 e. The third-order valence-electron chi connectivity index (χ3n) is 7.68. The molecule has 2 aromatic carbocycles. The number of pyridine rings is 2. The summed E-state index contributed by atoms with van der Waals surface area (Å²) in [5.74, 6) is 0.699. The molecule has 2 N–H and O–H groups in total. The maximum atomic E-state index is 14.1. The molecule has 2 aromatic heterocycles. The summed E-state index contributed by atoms with van der Waals surface area (Å²) in [5.41, 5.74) is 5.05. The highest BCUT2D eigenvalue weighted by atomic mass is 19.1. The molecule has 2 amide bonds. The Labute approximate surface area is 212 Å². The predicted octanol–water partition coefficient (Wildman–Crippen LogP) is 4.55. The molecule has 0 radical (unpaired) electrons. The van der Waals surface area contributed by atoms with Gasteiger partial charge in [-0.25, -0.2) is 14.4 Å². The Bertz CT molecular complexity index is 1620. The van der Waals surface area contributed by atoms with E-state index in [4.69, 9.17) is 0 Å². The lowest BCUT2D eigenvalue weighted by molar-refractivity contribution is -0.120. The third kappa shape index (κ3) is 3.32. The second kappa shape index (κ2) is 7.96. The third-order valence-corrected chi connectivity index (χ3v) is 7.68. The van der Waals surface area contributed by atoms with Gasteiger partial charge in [0.2, 0.25) is 5.91 Å². The molecule has 1 spiro atoms. The van der Waals surface area contributed by atoms with Crippen LogP contribution in [-0.4, -0.2) is 28.3 Å². The lowest BCUT2D eigenvalue weighted by Gasteiger charge is -2.20. The molecule has 7 nitrogen and oxygen atoms in total. The zero-order valence-electron chi connectivity index (χ0n) is 19.8. The highest BCUT2D eigenvalue weighted by molar-refractivity contribution is 6.08. The molecule has 1 atom stereocenters. The molecule has 4 aromatic rings. The summed E-state index contributed by atoms with van der Waals surface area (Å²) < 4.78 is 14.1. The quantitative estimate of drug-likeness (QED) is 0.439. The Kier molecular flexibility index (Phi) is 4.66. The first-order chi connectivity index (χ1) is 18.0. The minimum absolute atomic E-state index is 0.0110. The van der Waals surface area contributed by atoms with Crippen LogP contribution in [0.3, 0.4) is 0 Å². The number of amides is 2. The summed E-state index contributed by atoms with van der Waals surface area (Å²) in [6.45, 7) is 0.443. The number of halogens is 1. The topological polar surface area (TPSA) is 87.2 Å². The second-order valence-corrected chi connectivity index (χ2v) is 9.77. The van der Waals surface area contributed by atoms with Crippen molar-refractivity contribution in [3.8, 4) is 0 Å². The van der Waals surface area contributed by atoms with Gasteiger partial charge in [-0.05, 0) is 72.9 Å². The average Bonchev–Trinajstić information content (AvgIpc) is 3.58. The van der Waals surface area contributed by atoms with Gasteiger partial charge in [-0.15, -0.1) is 0 Å². The Balaban J connectivity index is 1.13. The first-order valence-electron chi connectivity index (χ1n) is 12.2. The van der Waals surface area contributed by atoms with Gasteiger partial charge in [0.15, 0.2) is 0 Å². The summed E-state index contributed by atoms with van der Waals surface area (Å²) in [5, 5.41) is 6.24. The van der Waals surface area contributed by atoms with E-state index in [0.29, 0.717) is 54.3 Å². The summed E-state index contributed by atoms with van der Waals surface area (Å²) in [6.07, 6.45) is 5.01. The van der Waals surface area contributed by atoms with E-state index in [2.05, 4.69) is 20.6 Å². The van der Waals surface area contributed by atoms with E-state index in [-0.39, 0.29) is 17.6 Å². The number of hydrogen-bond acceptors (Lipinski definition) is 5. The summed E-state index contributed by atoms with van der Waals surface area (Å²) >= 11 is 0. The molecule has 2 aliphatic heterocycles. The van der Waals surface area contributed by atoms with Gasteiger partial charge >= 0.3 is 0 Å². The molecule has 37 heavy (non-hydrogen) atoms. The van der Waals surface area contributed by atoms with Crippen LogP contribution in [0.4, 0.5) is 27.4 Å². The normalized spacial score (nSPS) is 18.9. The molecule has 7 rings (SSSR count). The minimum atomic E-state index is -0.624. The first kappa shape index (κ1) is 21.7. The van der Waals surface area contributed by atoms with Crippen LogP contribution in [0.5, 0.6) is 0 Å². The van der Waals surface area contributed by atoms with Crippen molar-refractivity contribution in [2.45, 2.75) is 24.7 Å². The van der Waals surface area contributed by atoms with Gasteiger partial charge < -0.3 is 15.5 Å². The van der Waals surface area contributed by atoms with Crippen molar-refractivity contribution in [1.29, 1.82) is 0 Å². The molecule has 0 saturated heterocycles. The fourth-order valence-electron chi connectivity index (χ4n) is 5.88. The lowest BCUT2D eigenvalue weighted by atomic mass is 9.79. The molecule has 4 heterocycles. The molecule has 0 bridgehead atoms. The van der Waals surface area contributed by atoms with Crippen LogP contribution in [0.25, 0.3) is 0 Å². The van der Waals surface area contributed by atoms with Gasteiger partial charge in [-0.1, -0.05) is 18.2 Å². The van der Waals surface area contributed by atoms with E-state index < -0.39 is 5.41 Å². The van der Waals surface area contributed by atoms with E-state index >= 15 is 0 Å². The summed E-state index contributed by atoms with van der Waals surface area (Å²) in [4.78, 5) is 36.6. The lowest BCUT2D eigenvalue weighted by Crippen LogP contribution is -2.35. The maximum Gasteiger partial charge on any atom is 0.258 e. The minimum Gasteiger partial charge on any atom is -0.340 e. The Morgan fingerprint density at radius 1 is 1.00 bits per heavy atom. The summed E-state index contributed by atoms with van der Waals surface area (Å²) in [6, 6.07) is 18.1. The van der Waals surface area contributed by atoms with Crippen LogP contribution in [0, 0.1) is 5.82 Å². The number of fused-ring (bicyclic) bond motifs is 4. The van der Waals surface area contributed by atoms with Gasteiger partial charge in [-0.2, -0.15) is 0 Å². The van der Waals surface area contributed by atoms with Gasteiger partial charge in [0, 0.05) is 41.3 Å². The van der Waals surface area contributed by atoms with E-state index in [1.807, 2.05) is 30.3 Å². The molecular formula is C29H22FN5O2. The van der Waals surface area contributed by atoms with Crippen molar-refractivity contribution < 1.29 is 14.0 Å². The fraction of sp³-hybridized carbons (Fsp3) is 0.172. The molecular weight excluding hydrogens is 469 g/mol. The number of rotatable bonds is 3. The van der Waals surface area contributed by atoms with Crippen LogP contribution >= 0.6 is 0 Å². The van der Waals surface area contributed by atoms with Gasteiger partial charge in [0.1, 0.15) is 17.5 Å². The number of benzene rings is 2. The van der Waals surface area contributed by atoms with Crippen molar-refractivity contribution in [1.82, 2.24) is 9.97 Å². The molecule has 1 aliphatic carbocycles. The van der Waals surface area contributed by atoms with Crippen molar-refractivity contribution in [2.24, 2.45) is 0 Å². The molecule has 0 saturated carbocycles. The SMILES string of the molecule is O=C(c1ccnc(Nc2ccc3c(c2)CC2(C3)C(=O)Nc3ncccc32)c1)N1CCc2c(F)cccc21. The zero-order chi connectivity index (χ0) is 25.1. The highest BCUT2D eigenvalue weighted by Gasteiger charge is 2.51. The monoisotopic (exact) mass is 491 g/mol. The van der Waals surface area contributed by atoms with Gasteiger partial charge in [0.05, 0.1) is 11.1 Å². The fourth-order valence-corrected chi connectivity index (χ4v) is 5.88. The predicted molar refractivity (Wildman–Crippen MR) is 138 cm³/mol. The van der Waals surface area contributed by atoms with Crippen LogP contribution in [0.15, 0.2) is 73.1 Å². The first-order valence-corrected chi connectivity index (χ1v) is 12.2. The van der Waals surface area contributed by atoms with Gasteiger partial charge in [0.25, 0.3) is 5.91 Å². The number of hydrogen-bond donors (Lipinski definition) is 2. The van der Waals surface area contributed by atoms with Crippen molar-refractivity contribution in [3.63, 3.8) is 0 Å². The van der Waals surface area contributed by atoms with Crippen LogP contribution in [-0.2, 0) is 29.5 Å². The molecule has 1 unspecified atom stereocenters. The number of carbonyl (C=O) groups is 2. The Morgan fingerprint density at radius 3 is 2.81 bits per heavy atom. The zero-order valence-corrected chi connectivity index (χ0v) is 19.8.